The molecule has 5 unspecified atom stereocenters. The first-order valence-electron chi connectivity index (χ1n) is 17.4. The van der Waals surface area contributed by atoms with Crippen molar-refractivity contribution in [3.05, 3.63) is 96.4 Å². The molecule has 3 fully saturated rings. The van der Waals surface area contributed by atoms with Crippen molar-refractivity contribution in [3.8, 4) is 16.9 Å². The van der Waals surface area contributed by atoms with Gasteiger partial charge in [0.1, 0.15) is 5.75 Å². The zero-order valence-electron chi connectivity index (χ0n) is 26.8. The van der Waals surface area contributed by atoms with E-state index in [9.17, 15) is 0 Å². The van der Waals surface area contributed by atoms with Crippen molar-refractivity contribution in [1.29, 1.82) is 0 Å². The Hall–Kier alpha value is -3.63. The Bertz CT molecular complexity index is 1960. The smallest absolute Gasteiger partial charge is 0.126 e. The molecule has 1 aromatic heterocycles. The van der Waals surface area contributed by atoms with E-state index in [0.717, 1.165) is 24.2 Å². The van der Waals surface area contributed by atoms with Gasteiger partial charge in [-0.1, -0.05) is 62.6 Å². The van der Waals surface area contributed by atoms with Crippen molar-refractivity contribution in [2.24, 2.45) is 17.8 Å². The van der Waals surface area contributed by atoms with Gasteiger partial charge in [0.25, 0.3) is 0 Å². The Morgan fingerprint density at radius 3 is 2.74 bits per heavy atom. The zero-order valence-corrected chi connectivity index (χ0v) is 27.6. The molecular formula is C41H42N2O2S. The van der Waals surface area contributed by atoms with Crippen molar-refractivity contribution in [1.82, 2.24) is 4.57 Å². The monoisotopic (exact) mass is 626 g/mol. The van der Waals surface area contributed by atoms with Crippen molar-refractivity contribution >= 4 is 45.2 Å². The molecule has 5 aliphatic rings. The van der Waals surface area contributed by atoms with Gasteiger partial charge in [-0.3, -0.25) is 0 Å². The van der Waals surface area contributed by atoms with Crippen LogP contribution in [0.25, 0.3) is 38.6 Å². The van der Waals surface area contributed by atoms with Crippen LogP contribution in [0.5, 0.6) is 5.75 Å². The number of benzene rings is 3. The van der Waals surface area contributed by atoms with Crippen molar-refractivity contribution in [3.63, 3.8) is 0 Å². The molecule has 3 aromatic carbocycles. The molecule has 4 nitrogen and oxygen atoms in total. The van der Waals surface area contributed by atoms with Crippen LogP contribution in [0.3, 0.4) is 0 Å². The number of fused-ring (bicyclic) bond motifs is 8. The number of rotatable bonds is 6. The minimum Gasteiger partial charge on any atom is -0.496 e. The first kappa shape index (κ1) is 28.6. The van der Waals surface area contributed by atoms with Gasteiger partial charge in [-0.05, 0) is 104 Å². The minimum absolute atomic E-state index is 0.264. The predicted molar refractivity (Wildman–Crippen MR) is 192 cm³/mol. The van der Waals surface area contributed by atoms with Crippen molar-refractivity contribution < 1.29 is 8.92 Å². The number of anilines is 1. The Morgan fingerprint density at radius 1 is 0.978 bits per heavy atom. The van der Waals surface area contributed by atoms with E-state index >= 15 is 0 Å². The number of hydrogen-bond donors (Lipinski definition) is 0. The van der Waals surface area contributed by atoms with E-state index < -0.39 is 0 Å². The van der Waals surface area contributed by atoms with E-state index in [4.69, 9.17) is 8.92 Å². The summed E-state index contributed by atoms with van der Waals surface area (Å²) < 4.78 is 15.0. The quantitative estimate of drug-likeness (QED) is 0.157. The second-order valence-corrected chi connectivity index (χ2v) is 14.7. The van der Waals surface area contributed by atoms with Gasteiger partial charge in [0, 0.05) is 50.8 Å². The Labute approximate surface area is 276 Å². The van der Waals surface area contributed by atoms with E-state index in [1.165, 1.54) is 83.0 Å². The van der Waals surface area contributed by atoms with Crippen LogP contribution >= 0.6 is 12.0 Å². The zero-order chi connectivity index (χ0) is 30.8. The van der Waals surface area contributed by atoms with Crippen LogP contribution in [0.15, 0.2) is 96.4 Å². The molecule has 2 aliphatic heterocycles. The third kappa shape index (κ3) is 4.39. The summed E-state index contributed by atoms with van der Waals surface area (Å²) in [6.07, 6.45) is 19.3. The van der Waals surface area contributed by atoms with E-state index in [2.05, 4.69) is 107 Å². The lowest BCUT2D eigenvalue weighted by atomic mass is 9.72. The number of aromatic nitrogens is 1. The summed E-state index contributed by atoms with van der Waals surface area (Å²) in [6, 6.07) is 23.1. The Kier molecular flexibility index (Phi) is 7.18. The Balaban J connectivity index is 1.16. The average Bonchev–Trinajstić information content (AvgIpc) is 3.78. The molecule has 46 heavy (non-hydrogen) atoms. The third-order valence-electron chi connectivity index (χ3n) is 11.3. The van der Waals surface area contributed by atoms with Gasteiger partial charge in [0.2, 0.25) is 0 Å². The molecule has 3 heterocycles. The lowest BCUT2D eigenvalue weighted by Crippen LogP contribution is -2.36. The molecule has 6 atom stereocenters. The number of ether oxygens (including phenoxy) is 1. The lowest BCUT2D eigenvalue weighted by Gasteiger charge is -2.33. The molecule has 2 saturated heterocycles. The van der Waals surface area contributed by atoms with E-state index in [-0.39, 0.29) is 6.10 Å². The topological polar surface area (TPSA) is 26.6 Å². The van der Waals surface area contributed by atoms with Crippen LogP contribution in [-0.2, 0) is 4.18 Å². The molecular weight excluding hydrogens is 585 g/mol. The van der Waals surface area contributed by atoms with E-state index in [1.54, 1.807) is 19.2 Å². The fraction of sp³-hybridized carbons (Fsp3) is 0.390. The first-order chi connectivity index (χ1) is 22.7. The summed E-state index contributed by atoms with van der Waals surface area (Å²) in [5, 5.41) is 3.11. The molecule has 234 valence electrons. The van der Waals surface area contributed by atoms with Gasteiger partial charge in [0.05, 0.1) is 29.9 Å². The van der Waals surface area contributed by atoms with Gasteiger partial charge in [-0.15, -0.1) is 5.73 Å². The largest absolute Gasteiger partial charge is 0.496 e. The summed E-state index contributed by atoms with van der Waals surface area (Å²) in [7, 11) is 1.79. The minimum atomic E-state index is 0.264. The number of nitrogens with zero attached hydrogens (tertiary/aromatic N) is 2. The number of allylic oxidation sites excluding steroid dienone is 4. The Morgan fingerprint density at radius 2 is 1.87 bits per heavy atom. The van der Waals surface area contributed by atoms with E-state index in [1.807, 2.05) is 0 Å². The highest BCUT2D eigenvalue weighted by molar-refractivity contribution is 7.95. The molecule has 0 spiro atoms. The third-order valence-corrected chi connectivity index (χ3v) is 12.4. The van der Waals surface area contributed by atoms with Crippen LogP contribution in [0.2, 0.25) is 0 Å². The highest BCUT2D eigenvalue weighted by atomic mass is 32.2. The molecule has 0 N–H and O–H groups in total. The summed E-state index contributed by atoms with van der Waals surface area (Å²) in [5.41, 5.74) is 12.6. The maximum Gasteiger partial charge on any atom is 0.126 e. The van der Waals surface area contributed by atoms with Gasteiger partial charge in [-0.25, -0.2) is 0 Å². The van der Waals surface area contributed by atoms with Crippen LogP contribution in [0.4, 0.5) is 5.69 Å². The summed E-state index contributed by atoms with van der Waals surface area (Å²) >= 11 is 1.75. The van der Waals surface area contributed by atoms with Crippen LogP contribution in [0, 0.1) is 17.8 Å². The van der Waals surface area contributed by atoms with Crippen molar-refractivity contribution in [2.45, 2.75) is 75.7 Å². The highest BCUT2D eigenvalue weighted by Crippen LogP contribution is 2.56. The van der Waals surface area contributed by atoms with Crippen molar-refractivity contribution in [2.75, 3.05) is 12.0 Å². The molecule has 3 aliphatic carbocycles. The molecule has 9 rings (SSSR count). The highest BCUT2D eigenvalue weighted by Gasteiger charge is 2.55. The standard InChI is InChI=1S/C41H42N2O2S/c1-3-11-39-31-20-22-37-40(41(31)45-46-39)30-15-8-10-17-35(30)43(37)28-19-23-38(44-2)32(25-28)26-18-21-36-33(24-26)29-14-7-9-16-34(29)42(36)27-12-5-4-6-13-27/h5,7,9,12-14,16,18-21,23-25,30-31,35,39-41H,3-4,6,8,10-11,15,17H2,1-2H3/t30?,31?,35?,39?,40-,41?/m1/s1. The number of para-hydroxylation sites is 1. The SMILES string of the molecule is CCCC1SOC2C1C=C=C1[C@H]2C2CCCCC2N1c1ccc(OC)c(-c2ccc3c(c2)c2ccccc2n3C2=CCCC=C2)c1. The van der Waals surface area contributed by atoms with Crippen LogP contribution in [0.1, 0.15) is 58.3 Å². The fourth-order valence-corrected chi connectivity index (χ4v) is 10.5. The van der Waals surface area contributed by atoms with Crippen LogP contribution in [-0.4, -0.2) is 29.1 Å². The molecule has 1 saturated carbocycles. The molecule has 5 heteroatoms. The lowest BCUT2D eigenvalue weighted by molar-refractivity contribution is 0.114. The molecule has 4 aromatic rings. The molecule has 0 radical (unpaired) electrons. The molecule has 0 amide bonds. The van der Waals surface area contributed by atoms with Gasteiger partial charge in [-0.2, -0.15) is 0 Å². The molecule has 0 bridgehead atoms. The fourth-order valence-electron chi connectivity index (χ4n) is 9.26. The number of methoxy groups -OCH3 is 1. The summed E-state index contributed by atoms with van der Waals surface area (Å²) in [4.78, 5) is 2.65. The average molecular weight is 627 g/mol. The van der Waals surface area contributed by atoms with Gasteiger partial charge >= 0.3 is 0 Å². The normalized spacial score (nSPS) is 28.3. The maximum atomic E-state index is 6.59. The predicted octanol–water partition coefficient (Wildman–Crippen LogP) is 10.5. The van der Waals surface area contributed by atoms with Gasteiger partial charge < -0.3 is 18.4 Å². The van der Waals surface area contributed by atoms with Gasteiger partial charge in [0.15, 0.2) is 0 Å². The van der Waals surface area contributed by atoms with Crippen LogP contribution < -0.4 is 9.64 Å². The second kappa shape index (κ2) is 11.6. The number of hydrogen-bond acceptors (Lipinski definition) is 4. The maximum absolute atomic E-state index is 6.59. The summed E-state index contributed by atoms with van der Waals surface area (Å²) in [6.45, 7) is 2.29. The second-order valence-electron chi connectivity index (χ2n) is 13.7. The summed E-state index contributed by atoms with van der Waals surface area (Å²) in [5.74, 6) is 2.42. The van der Waals surface area contributed by atoms with E-state index in [0.29, 0.717) is 29.0 Å². The first-order valence-corrected chi connectivity index (χ1v) is 18.2.